The predicted octanol–water partition coefficient (Wildman–Crippen LogP) is 0.334. The highest BCUT2D eigenvalue weighted by Crippen LogP contribution is 2.21. The van der Waals surface area contributed by atoms with Crippen LogP contribution in [0.4, 0.5) is 5.69 Å². The Kier molecular flexibility index (Phi) is 11.4. The lowest BCUT2D eigenvalue weighted by molar-refractivity contribution is -0.137. The maximum absolute atomic E-state index is 12.3. The first-order valence-electron chi connectivity index (χ1n) is 12.3. The molecule has 3 amide bonds. The molecule has 0 aliphatic carbocycles. The van der Waals surface area contributed by atoms with Gasteiger partial charge in [-0.1, -0.05) is 0 Å². The van der Waals surface area contributed by atoms with Crippen LogP contribution in [0.25, 0.3) is 11.0 Å². The van der Waals surface area contributed by atoms with Crippen LogP contribution in [-0.4, -0.2) is 88.6 Å². The van der Waals surface area contributed by atoms with Crippen molar-refractivity contribution in [1.29, 1.82) is 0 Å². The number of rotatable bonds is 17. The summed E-state index contributed by atoms with van der Waals surface area (Å²) in [5, 5.41) is 3.47. The number of ether oxygens (including phenoxy) is 4. The molecule has 1 aliphatic rings. The quantitative estimate of drug-likeness (QED) is 0.126. The number of aryl methyl sites for hydroxylation is 1. The Balaban J connectivity index is 1.15. The van der Waals surface area contributed by atoms with Crippen LogP contribution in [0.2, 0.25) is 0 Å². The topological polar surface area (TPSA) is 160 Å². The molecule has 0 atom stereocenters. The largest absolute Gasteiger partial charge is 0.422 e. The van der Waals surface area contributed by atoms with E-state index in [0.29, 0.717) is 75.2 Å². The molecule has 0 bridgehead atoms. The number of nitrogens with two attached hydrogens (primary N) is 1. The van der Waals surface area contributed by atoms with Crippen LogP contribution in [0, 0.1) is 6.92 Å². The van der Waals surface area contributed by atoms with Gasteiger partial charge in [-0.25, -0.2) is 4.79 Å². The van der Waals surface area contributed by atoms with Crippen molar-refractivity contribution in [3.8, 4) is 0 Å². The van der Waals surface area contributed by atoms with Gasteiger partial charge in [-0.3, -0.25) is 19.3 Å². The van der Waals surface area contributed by atoms with Gasteiger partial charge in [0.2, 0.25) is 5.91 Å². The summed E-state index contributed by atoms with van der Waals surface area (Å²) < 4.78 is 26.9. The Bertz CT molecular complexity index is 1190. The first-order valence-corrected chi connectivity index (χ1v) is 12.3. The number of hydrogen-bond donors (Lipinski definition) is 2. The molecule has 0 radical (unpaired) electrons. The second-order valence-electron chi connectivity index (χ2n) is 8.39. The van der Waals surface area contributed by atoms with Crippen molar-refractivity contribution < 1.29 is 37.7 Å². The number of nitrogens with one attached hydrogen (secondary N) is 1. The molecule has 0 saturated heterocycles. The molecule has 12 nitrogen and oxygen atoms in total. The van der Waals surface area contributed by atoms with Crippen molar-refractivity contribution in [3.05, 3.63) is 51.9 Å². The molecule has 3 rings (SSSR count). The number of benzene rings is 1. The highest BCUT2D eigenvalue weighted by atomic mass is 16.6. The van der Waals surface area contributed by atoms with Gasteiger partial charge in [-0.2, -0.15) is 0 Å². The third-order valence-corrected chi connectivity index (χ3v) is 5.69. The molecule has 3 N–H and O–H groups in total. The van der Waals surface area contributed by atoms with Crippen LogP contribution < -0.4 is 16.7 Å². The third kappa shape index (κ3) is 8.77. The van der Waals surface area contributed by atoms with Crippen molar-refractivity contribution >= 4 is 34.4 Å². The summed E-state index contributed by atoms with van der Waals surface area (Å²) in [5.74, 6) is -0.948. The molecule has 206 valence electrons. The second-order valence-corrected chi connectivity index (χ2v) is 8.39. The number of hydrogen-bond acceptors (Lipinski definition) is 10. The Morgan fingerprint density at radius 1 is 0.895 bits per heavy atom. The number of anilines is 1. The van der Waals surface area contributed by atoms with E-state index in [1.807, 2.05) is 0 Å². The molecule has 38 heavy (non-hydrogen) atoms. The Morgan fingerprint density at radius 2 is 1.47 bits per heavy atom. The molecule has 0 unspecified atom stereocenters. The maximum atomic E-state index is 12.3. The SMILES string of the molecule is Cc1c(CC(=O)NCCOCCOCCOCCOCCN2C(=O)C=CC2=O)c(=O)oc2cc(N)ccc12. The minimum atomic E-state index is -0.550. The van der Waals surface area contributed by atoms with E-state index in [1.165, 1.54) is 12.2 Å². The summed E-state index contributed by atoms with van der Waals surface area (Å²) in [5.41, 5.74) is 7.09. The molecule has 12 heteroatoms. The molecule has 2 heterocycles. The average molecular weight is 532 g/mol. The van der Waals surface area contributed by atoms with E-state index in [9.17, 15) is 19.2 Å². The minimum absolute atomic E-state index is 0.0854. The van der Waals surface area contributed by atoms with Crippen LogP contribution in [0.15, 0.2) is 39.6 Å². The first-order chi connectivity index (χ1) is 18.4. The number of nitrogens with zero attached hydrogens (tertiary/aromatic N) is 1. The maximum Gasteiger partial charge on any atom is 0.340 e. The Hall–Kier alpha value is -3.58. The highest BCUT2D eigenvalue weighted by Gasteiger charge is 2.22. The second kappa shape index (κ2) is 15.0. The lowest BCUT2D eigenvalue weighted by Crippen LogP contribution is -2.33. The van der Waals surface area contributed by atoms with E-state index >= 15 is 0 Å². The summed E-state index contributed by atoms with van der Waals surface area (Å²) in [6, 6.07) is 5.08. The smallest absolute Gasteiger partial charge is 0.340 e. The zero-order valence-corrected chi connectivity index (χ0v) is 21.4. The van der Waals surface area contributed by atoms with Gasteiger partial charge in [-0.05, 0) is 24.6 Å². The molecular weight excluding hydrogens is 498 g/mol. The fourth-order valence-electron chi connectivity index (χ4n) is 3.67. The lowest BCUT2D eigenvalue weighted by atomic mass is 10.0. The fourth-order valence-corrected chi connectivity index (χ4v) is 3.67. The molecule has 0 fully saturated rings. The van der Waals surface area contributed by atoms with E-state index in [2.05, 4.69) is 5.32 Å². The van der Waals surface area contributed by atoms with Gasteiger partial charge in [0.15, 0.2) is 0 Å². The molecule has 1 aromatic carbocycles. The summed E-state index contributed by atoms with van der Waals surface area (Å²) in [7, 11) is 0. The van der Waals surface area contributed by atoms with E-state index in [1.54, 1.807) is 25.1 Å². The number of nitrogen functional groups attached to an aromatic ring is 1. The third-order valence-electron chi connectivity index (χ3n) is 5.69. The van der Waals surface area contributed by atoms with Gasteiger partial charge in [-0.15, -0.1) is 0 Å². The van der Waals surface area contributed by atoms with Gasteiger partial charge in [0.1, 0.15) is 5.58 Å². The van der Waals surface area contributed by atoms with Crippen LogP contribution in [0.5, 0.6) is 0 Å². The van der Waals surface area contributed by atoms with E-state index in [4.69, 9.17) is 29.1 Å². The van der Waals surface area contributed by atoms with Crippen molar-refractivity contribution in [3.63, 3.8) is 0 Å². The first kappa shape index (κ1) is 29.0. The van der Waals surface area contributed by atoms with Crippen LogP contribution in [0.3, 0.4) is 0 Å². The zero-order valence-electron chi connectivity index (χ0n) is 21.4. The monoisotopic (exact) mass is 531 g/mol. The molecule has 0 saturated carbocycles. The number of amides is 3. The van der Waals surface area contributed by atoms with Gasteiger partial charge in [0, 0.05) is 35.8 Å². The van der Waals surface area contributed by atoms with E-state index in [0.717, 1.165) is 10.3 Å². The van der Waals surface area contributed by atoms with Crippen LogP contribution >= 0.6 is 0 Å². The summed E-state index contributed by atoms with van der Waals surface area (Å²) in [6.07, 6.45) is 2.39. The van der Waals surface area contributed by atoms with Crippen molar-refractivity contribution in [2.24, 2.45) is 0 Å². The van der Waals surface area contributed by atoms with Gasteiger partial charge < -0.3 is 34.4 Å². The Morgan fingerprint density at radius 3 is 2.11 bits per heavy atom. The fraction of sp³-hybridized carbons (Fsp3) is 0.462. The van der Waals surface area contributed by atoms with Gasteiger partial charge in [0.05, 0.1) is 71.4 Å². The minimum Gasteiger partial charge on any atom is -0.422 e. The molecule has 0 spiro atoms. The van der Waals surface area contributed by atoms with E-state index < -0.39 is 5.63 Å². The summed E-state index contributed by atoms with van der Waals surface area (Å²) in [6.45, 7) is 5.09. The van der Waals surface area contributed by atoms with Crippen molar-refractivity contribution in [2.75, 3.05) is 71.7 Å². The van der Waals surface area contributed by atoms with Crippen molar-refractivity contribution in [2.45, 2.75) is 13.3 Å². The van der Waals surface area contributed by atoms with E-state index in [-0.39, 0.29) is 37.3 Å². The van der Waals surface area contributed by atoms with Gasteiger partial charge in [0.25, 0.3) is 11.8 Å². The standard InChI is InChI=1S/C26H33N3O9/c1-18-20-3-2-19(27)16-22(20)38-26(33)21(18)17-23(30)28-6-8-34-10-12-36-14-15-37-13-11-35-9-7-29-24(31)4-5-25(29)32/h2-5,16H,6-15,17,27H2,1H3,(H,28,30). The summed E-state index contributed by atoms with van der Waals surface area (Å²) >= 11 is 0. The highest BCUT2D eigenvalue weighted by molar-refractivity contribution is 6.12. The number of fused-ring (bicyclic) bond motifs is 1. The molecular formula is C26H33N3O9. The predicted molar refractivity (Wildman–Crippen MR) is 137 cm³/mol. The molecule has 2 aromatic rings. The lowest BCUT2D eigenvalue weighted by Gasteiger charge is -2.13. The number of carbonyl (C=O) groups is 3. The number of carbonyl (C=O) groups excluding carboxylic acids is 3. The number of imide groups is 1. The Labute approximate surface area is 219 Å². The van der Waals surface area contributed by atoms with Crippen LogP contribution in [0.1, 0.15) is 11.1 Å². The van der Waals surface area contributed by atoms with Gasteiger partial charge >= 0.3 is 5.63 Å². The zero-order chi connectivity index (χ0) is 27.3. The van der Waals surface area contributed by atoms with Crippen LogP contribution in [-0.2, 0) is 39.8 Å². The normalized spacial score (nSPS) is 13.1. The molecule has 1 aromatic heterocycles. The summed E-state index contributed by atoms with van der Waals surface area (Å²) in [4.78, 5) is 48.5. The van der Waals surface area contributed by atoms with Crippen molar-refractivity contribution in [1.82, 2.24) is 10.2 Å². The molecule has 1 aliphatic heterocycles. The average Bonchev–Trinajstić information content (AvgIpc) is 3.20.